The average Bonchev–Trinajstić information content (AvgIpc) is 2.77. The highest BCUT2D eigenvalue weighted by Crippen LogP contribution is 2.13. The first kappa shape index (κ1) is 13.4. The molecule has 2 aromatic rings. The SMILES string of the molecule is CCS(=O)(=O)CCn1c(=S)[nH]c2sccc2c1=O. The van der Waals surface area contributed by atoms with E-state index in [9.17, 15) is 13.2 Å². The van der Waals surface area contributed by atoms with Crippen LogP contribution < -0.4 is 5.56 Å². The Labute approximate surface area is 113 Å². The van der Waals surface area contributed by atoms with Gasteiger partial charge in [0.15, 0.2) is 14.6 Å². The Morgan fingerprint density at radius 3 is 2.89 bits per heavy atom. The summed E-state index contributed by atoms with van der Waals surface area (Å²) < 4.78 is 24.5. The van der Waals surface area contributed by atoms with Crippen molar-refractivity contribution in [2.24, 2.45) is 0 Å². The number of fused-ring (bicyclic) bond motifs is 1. The number of aromatic amines is 1. The predicted octanol–water partition coefficient (Wildman–Crippen LogP) is 1.56. The quantitative estimate of drug-likeness (QED) is 0.870. The summed E-state index contributed by atoms with van der Waals surface area (Å²) in [5, 5.41) is 2.34. The Kier molecular flexibility index (Phi) is 3.69. The van der Waals surface area contributed by atoms with E-state index in [1.54, 1.807) is 18.4 Å². The van der Waals surface area contributed by atoms with Gasteiger partial charge in [-0.2, -0.15) is 0 Å². The van der Waals surface area contributed by atoms with Crippen LogP contribution >= 0.6 is 23.6 Å². The predicted molar refractivity (Wildman–Crippen MR) is 75.6 cm³/mol. The van der Waals surface area contributed by atoms with Crippen LogP contribution in [0.4, 0.5) is 0 Å². The molecule has 0 aromatic carbocycles. The van der Waals surface area contributed by atoms with Gasteiger partial charge in [-0.15, -0.1) is 11.3 Å². The Hall–Kier alpha value is -0.990. The third-order valence-electron chi connectivity index (χ3n) is 2.67. The topological polar surface area (TPSA) is 71.9 Å². The van der Waals surface area contributed by atoms with Crippen LogP contribution in [0.15, 0.2) is 16.2 Å². The summed E-state index contributed by atoms with van der Waals surface area (Å²) in [6.07, 6.45) is 0. The highest BCUT2D eigenvalue weighted by Gasteiger charge is 2.11. The maximum Gasteiger partial charge on any atom is 0.263 e. The largest absolute Gasteiger partial charge is 0.323 e. The van der Waals surface area contributed by atoms with E-state index in [0.717, 1.165) is 4.83 Å². The smallest absolute Gasteiger partial charge is 0.263 e. The third kappa shape index (κ3) is 2.55. The van der Waals surface area contributed by atoms with Crippen molar-refractivity contribution in [2.75, 3.05) is 11.5 Å². The van der Waals surface area contributed by atoms with Crippen LogP contribution in [-0.4, -0.2) is 29.5 Å². The fraction of sp³-hybridized carbons (Fsp3) is 0.400. The van der Waals surface area contributed by atoms with Gasteiger partial charge in [0.25, 0.3) is 5.56 Å². The number of thiophene rings is 1. The Morgan fingerprint density at radius 2 is 2.22 bits per heavy atom. The van der Waals surface area contributed by atoms with Crippen LogP contribution in [0.2, 0.25) is 0 Å². The van der Waals surface area contributed by atoms with Crippen LogP contribution in [0.1, 0.15) is 6.92 Å². The maximum absolute atomic E-state index is 12.1. The van der Waals surface area contributed by atoms with Crippen molar-refractivity contribution in [3.63, 3.8) is 0 Å². The standard InChI is InChI=1S/C10H12N2O3S3/c1-2-18(14,15)6-4-12-9(13)7-3-5-17-8(7)11-10(12)16/h3,5H,2,4,6H2,1H3,(H,11,16). The lowest BCUT2D eigenvalue weighted by atomic mass is 10.4. The Morgan fingerprint density at radius 1 is 1.50 bits per heavy atom. The van der Waals surface area contributed by atoms with Crippen molar-refractivity contribution in [2.45, 2.75) is 13.5 Å². The number of aromatic nitrogens is 2. The van der Waals surface area contributed by atoms with E-state index in [1.807, 2.05) is 0 Å². The van der Waals surface area contributed by atoms with E-state index in [1.165, 1.54) is 15.9 Å². The van der Waals surface area contributed by atoms with Crippen molar-refractivity contribution in [1.29, 1.82) is 0 Å². The number of rotatable bonds is 4. The number of nitrogens with zero attached hydrogens (tertiary/aromatic N) is 1. The summed E-state index contributed by atoms with van der Waals surface area (Å²) in [5.41, 5.74) is -0.235. The molecule has 18 heavy (non-hydrogen) atoms. The summed E-state index contributed by atoms with van der Waals surface area (Å²) in [7, 11) is -3.11. The van der Waals surface area contributed by atoms with Crippen molar-refractivity contribution < 1.29 is 8.42 Å². The van der Waals surface area contributed by atoms with Crippen molar-refractivity contribution in [3.8, 4) is 0 Å². The molecule has 0 bridgehead atoms. The van der Waals surface area contributed by atoms with Gasteiger partial charge in [0.1, 0.15) is 4.83 Å². The third-order valence-corrected chi connectivity index (χ3v) is 5.51. The van der Waals surface area contributed by atoms with Gasteiger partial charge in [-0.1, -0.05) is 6.92 Å². The molecular formula is C10H12N2O3S3. The second-order valence-electron chi connectivity index (χ2n) is 3.79. The van der Waals surface area contributed by atoms with Gasteiger partial charge in [-0.3, -0.25) is 9.36 Å². The molecule has 0 amide bonds. The minimum Gasteiger partial charge on any atom is -0.323 e. The van der Waals surface area contributed by atoms with Crippen molar-refractivity contribution >= 4 is 43.6 Å². The van der Waals surface area contributed by atoms with Crippen LogP contribution in [0.25, 0.3) is 10.2 Å². The first-order valence-electron chi connectivity index (χ1n) is 5.35. The fourth-order valence-corrected chi connectivity index (χ4v) is 3.42. The lowest BCUT2D eigenvalue weighted by molar-refractivity contribution is 0.587. The van der Waals surface area contributed by atoms with Crippen LogP contribution in [0.3, 0.4) is 0 Å². The molecule has 0 fully saturated rings. The normalized spacial score (nSPS) is 12.1. The molecule has 5 nitrogen and oxygen atoms in total. The van der Waals surface area contributed by atoms with Crippen LogP contribution in [0, 0.1) is 4.77 Å². The summed E-state index contributed by atoms with van der Waals surface area (Å²) >= 11 is 6.48. The molecular weight excluding hydrogens is 292 g/mol. The van der Waals surface area contributed by atoms with E-state index in [4.69, 9.17) is 12.2 Å². The van der Waals surface area contributed by atoms with Gasteiger partial charge in [-0.25, -0.2) is 8.42 Å². The molecule has 0 aliphatic rings. The molecule has 0 aliphatic carbocycles. The van der Waals surface area contributed by atoms with E-state index in [2.05, 4.69) is 4.98 Å². The highest BCUT2D eigenvalue weighted by atomic mass is 32.2. The zero-order chi connectivity index (χ0) is 13.3. The van der Waals surface area contributed by atoms with E-state index < -0.39 is 9.84 Å². The molecule has 0 saturated heterocycles. The van der Waals surface area contributed by atoms with Gasteiger partial charge >= 0.3 is 0 Å². The van der Waals surface area contributed by atoms with Crippen LogP contribution in [-0.2, 0) is 16.4 Å². The minimum atomic E-state index is -3.11. The summed E-state index contributed by atoms with van der Waals surface area (Å²) in [6, 6.07) is 1.71. The fourth-order valence-electron chi connectivity index (χ4n) is 1.55. The molecule has 1 N–H and O–H groups in total. The first-order chi connectivity index (χ1) is 8.44. The van der Waals surface area contributed by atoms with E-state index in [-0.39, 0.29) is 28.4 Å². The number of H-pyrrole nitrogens is 1. The van der Waals surface area contributed by atoms with Crippen LogP contribution in [0.5, 0.6) is 0 Å². The number of hydrogen-bond donors (Lipinski definition) is 1. The molecule has 0 unspecified atom stereocenters. The lowest BCUT2D eigenvalue weighted by Crippen LogP contribution is -2.25. The first-order valence-corrected chi connectivity index (χ1v) is 8.46. The molecule has 0 spiro atoms. The average molecular weight is 304 g/mol. The maximum atomic E-state index is 12.1. The van der Waals surface area contributed by atoms with Crippen molar-refractivity contribution in [1.82, 2.24) is 9.55 Å². The zero-order valence-electron chi connectivity index (χ0n) is 9.67. The van der Waals surface area contributed by atoms with E-state index >= 15 is 0 Å². The molecule has 98 valence electrons. The second-order valence-corrected chi connectivity index (χ2v) is 7.56. The second kappa shape index (κ2) is 4.94. The van der Waals surface area contributed by atoms with Gasteiger partial charge in [-0.05, 0) is 23.7 Å². The van der Waals surface area contributed by atoms with Gasteiger partial charge in [0.05, 0.1) is 11.1 Å². The number of hydrogen-bond acceptors (Lipinski definition) is 5. The highest BCUT2D eigenvalue weighted by molar-refractivity contribution is 7.91. The molecule has 2 heterocycles. The molecule has 0 radical (unpaired) electrons. The monoisotopic (exact) mass is 304 g/mol. The number of sulfone groups is 1. The lowest BCUT2D eigenvalue weighted by Gasteiger charge is -2.06. The minimum absolute atomic E-state index is 0.0684. The van der Waals surface area contributed by atoms with Gasteiger partial charge < -0.3 is 4.98 Å². The van der Waals surface area contributed by atoms with Gasteiger partial charge in [0, 0.05) is 12.3 Å². The molecule has 0 aliphatic heterocycles. The summed E-state index contributed by atoms with van der Waals surface area (Å²) in [6.45, 7) is 1.68. The molecule has 2 rings (SSSR count). The summed E-state index contributed by atoms with van der Waals surface area (Å²) in [4.78, 5) is 15.8. The molecule has 0 saturated carbocycles. The van der Waals surface area contributed by atoms with E-state index in [0.29, 0.717) is 5.39 Å². The Bertz CT molecular complexity index is 783. The van der Waals surface area contributed by atoms with Crippen molar-refractivity contribution in [3.05, 3.63) is 26.6 Å². The zero-order valence-corrected chi connectivity index (χ0v) is 12.1. The van der Waals surface area contributed by atoms with Gasteiger partial charge in [0.2, 0.25) is 0 Å². The number of nitrogens with one attached hydrogen (secondary N) is 1. The molecule has 2 aromatic heterocycles. The molecule has 0 atom stereocenters. The Balaban J connectivity index is 2.46. The molecule has 8 heteroatoms. The summed E-state index contributed by atoms with van der Waals surface area (Å²) in [5.74, 6) is -0.00451.